The van der Waals surface area contributed by atoms with Crippen LogP contribution in [0.25, 0.3) is 0 Å². The van der Waals surface area contributed by atoms with E-state index < -0.39 is 11.7 Å². The van der Waals surface area contributed by atoms with E-state index in [4.69, 9.17) is 0 Å². The lowest BCUT2D eigenvalue weighted by molar-refractivity contribution is -0.137. The molecule has 1 atom stereocenters. The molecule has 0 spiro atoms. The first-order valence-corrected chi connectivity index (χ1v) is 6.95. The van der Waals surface area contributed by atoms with Gasteiger partial charge in [-0.05, 0) is 37.7 Å². The van der Waals surface area contributed by atoms with Gasteiger partial charge >= 0.3 is 6.18 Å². The molecular formula is C13H16F3NOS. The molecule has 0 saturated carbocycles. The lowest BCUT2D eigenvalue weighted by Crippen LogP contribution is -2.06. The number of pyridine rings is 1. The molecule has 0 bridgehead atoms. The molecule has 1 rings (SSSR count). The largest absolute Gasteiger partial charge is 0.417 e. The summed E-state index contributed by atoms with van der Waals surface area (Å²) in [7, 11) is 0. The smallest absolute Gasteiger partial charge is 0.300 e. The van der Waals surface area contributed by atoms with Crippen molar-refractivity contribution in [2.45, 2.75) is 37.9 Å². The van der Waals surface area contributed by atoms with Gasteiger partial charge in [0.25, 0.3) is 0 Å². The number of alkyl halides is 3. The van der Waals surface area contributed by atoms with Gasteiger partial charge in [0, 0.05) is 12.1 Å². The normalized spacial score (nSPS) is 13.3. The first-order valence-electron chi connectivity index (χ1n) is 5.97. The standard InChI is InChI=1S/C13H16F3NOS/c1-9(10(2)18)4-3-7-19-12-6-5-11(8-17-12)13(14,15)16/h5-6,8-9H,3-4,7H2,1-2H3. The van der Waals surface area contributed by atoms with Gasteiger partial charge in [0.05, 0.1) is 10.6 Å². The summed E-state index contributed by atoms with van der Waals surface area (Å²) in [4.78, 5) is 14.8. The van der Waals surface area contributed by atoms with Gasteiger partial charge in [-0.25, -0.2) is 4.98 Å². The minimum atomic E-state index is -4.34. The maximum atomic E-state index is 12.3. The SMILES string of the molecule is CC(=O)C(C)CCCSc1ccc(C(F)(F)F)cn1. The number of carbonyl (C=O) groups is 1. The summed E-state index contributed by atoms with van der Waals surface area (Å²) >= 11 is 1.40. The monoisotopic (exact) mass is 291 g/mol. The number of ketones is 1. The molecule has 0 N–H and O–H groups in total. The van der Waals surface area contributed by atoms with Crippen LogP contribution in [0.15, 0.2) is 23.4 Å². The maximum Gasteiger partial charge on any atom is 0.417 e. The van der Waals surface area contributed by atoms with Crippen LogP contribution in [0.4, 0.5) is 13.2 Å². The van der Waals surface area contributed by atoms with Crippen molar-refractivity contribution < 1.29 is 18.0 Å². The van der Waals surface area contributed by atoms with Crippen molar-refractivity contribution in [3.8, 4) is 0 Å². The molecule has 0 aliphatic heterocycles. The van der Waals surface area contributed by atoms with Crippen molar-refractivity contribution in [3.05, 3.63) is 23.9 Å². The summed E-state index contributed by atoms with van der Waals surface area (Å²) in [6, 6.07) is 2.41. The molecule has 0 saturated heterocycles. The Hall–Kier alpha value is -1.04. The second kappa shape index (κ2) is 6.93. The lowest BCUT2D eigenvalue weighted by Gasteiger charge is -2.08. The zero-order chi connectivity index (χ0) is 14.5. The van der Waals surface area contributed by atoms with Gasteiger partial charge in [-0.1, -0.05) is 6.92 Å². The van der Waals surface area contributed by atoms with Crippen molar-refractivity contribution >= 4 is 17.5 Å². The molecule has 1 unspecified atom stereocenters. The first kappa shape index (κ1) is 16.0. The second-order valence-electron chi connectivity index (χ2n) is 4.39. The van der Waals surface area contributed by atoms with Crippen molar-refractivity contribution in [2.24, 2.45) is 5.92 Å². The Kier molecular flexibility index (Phi) is 5.85. The van der Waals surface area contributed by atoms with Crippen LogP contribution < -0.4 is 0 Å². The van der Waals surface area contributed by atoms with E-state index in [1.54, 1.807) is 6.92 Å². The first-order chi connectivity index (χ1) is 8.80. The molecule has 1 aromatic heterocycles. The van der Waals surface area contributed by atoms with Gasteiger partial charge in [-0.2, -0.15) is 13.2 Å². The molecule has 19 heavy (non-hydrogen) atoms. The zero-order valence-electron chi connectivity index (χ0n) is 10.8. The van der Waals surface area contributed by atoms with Crippen LogP contribution in [0.2, 0.25) is 0 Å². The summed E-state index contributed by atoms with van der Waals surface area (Å²) < 4.78 is 36.9. The van der Waals surface area contributed by atoms with E-state index in [0.717, 1.165) is 30.9 Å². The molecule has 0 fully saturated rings. The molecule has 0 aromatic carbocycles. The van der Waals surface area contributed by atoms with Crippen LogP contribution in [0.3, 0.4) is 0 Å². The Bertz CT molecular complexity index is 417. The number of aromatic nitrogens is 1. The molecule has 1 heterocycles. The van der Waals surface area contributed by atoms with E-state index in [9.17, 15) is 18.0 Å². The van der Waals surface area contributed by atoms with E-state index >= 15 is 0 Å². The van der Waals surface area contributed by atoms with Crippen LogP contribution in [0.1, 0.15) is 32.3 Å². The van der Waals surface area contributed by atoms with Crippen molar-refractivity contribution in [3.63, 3.8) is 0 Å². The third-order valence-electron chi connectivity index (χ3n) is 2.79. The van der Waals surface area contributed by atoms with Gasteiger partial charge in [0.1, 0.15) is 5.78 Å². The highest BCUT2D eigenvalue weighted by atomic mass is 32.2. The van der Waals surface area contributed by atoms with Crippen LogP contribution >= 0.6 is 11.8 Å². The Morgan fingerprint density at radius 1 is 1.42 bits per heavy atom. The molecule has 0 amide bonds. The van der Waals surface area contributed by atoms with Gasteiger partial charge in [0.15, 0.2) is 0 Å². The number of carbonyl (C=O) groups excluding carboxylic acids is 1. The second-order valence-corrected chi connectivity index (χ2v) is 5.50. The zero-order valence-corrected chi connectivity index (χ0v) is 11.6. The minimum Gasteiger partial charge on any atom is -0.300 e. The summed E-state index contributed by atoms with van der Waals surface area (Å²) in [5.41, 5.74) is -0.734. The molecule has 2 nitrogen and oxygen atoms in total. The fourth-order valence-corrected chi connectivity index (χ4v) is 2.21. The lowest BCUT2D eigenvalue weighted by atomic mass is 10.0. The topological polar surface area (TPSA) is 30.0 Å². The van der Waals surface area contributed by atoms with Crippen molar-refractivity contribution in [1.29, 1.82) is 0 Å². The molecule has 1 aromatic rings. The number of halogens is 3. The summed E-state index contributed by atoms with van der Waals surface area (Å²) in [5, 5.41) is 0.573. The Morgan fingerprint density at radius 3 is 2.58 bits per heavy atom. The molecule has 0 aliphatic carbocycles. The number of thioether (sulfide) groups is 1. The van der Waals surface area contributed by atoms with Crippen LogP contribution in [0, 0.1) is 5.92 Å². The molecule has 0 radical (unpaired) electrons. The van der Waals surface area contributed by atoms with Crippen LogP contribution in [0.5, 0.6) is 0 Å². The van der Waals surface area contributed by atoms with Crippen molar-refractivity contribution in [1.82, 2.24) is 4.98 Å². The fourth-order valence-electron chi connectivity index (χ4n) is 1.40. The van der Waals surface area contributed by atoms with Gasteiger partial charge < -0.3 is 0 Å². The third kappa shape index (κ3) is 5.63. The fraction of sp³-hybridized carbons (Fsp3) is 0.538. The average Bonchev–Trinajstić information content (AvgIpc) is 2.33. The number of nitrogens with zero attached hydrogens (tertiary/aromatic N) is 1. The maximum absolute atomic E-state index is 12.3. The minimum absolute atomic E-state index is 0.0427. The number of rotatable bonds is 6. The number of Topliss-reactive ketones (excluding diaryl/α,β-unsaturated/α-hetero) is 1. The molecule has 0 aliphatic rings. The van der Waals surface area contributed by atoms with Gasteiger partial charge in [-0.15, -0.1) is 11.8 Å². The van der Waals surface area contributed by atoms with Gasteiger partial charge in [0.2, 0.25) is 0 Å². The average molecular weight is 291 g/mol. The molecule has 6 heteroatoms. The highest BCUT2D eigenvalue weighted by Crippen LogP contribution is 2.29. The predicted octanol–water partition coefficient (Wildman–Crippen LogP) is 4.20. The highest BCUT2D eigenvalue weighted by molar-refractivity contribution is 7.99. The van der Waals surface area contributed by atoms with Crippen LogP contribution in [-0.2, 0) is 11.0 Å². The predicted molar refractivity (Wildman–Crippen MR) is 69.0 cm³/mol. The highest BCUT2D eigenvalue weighted by Gasteiger charge is 2.30. The van der Waals surface area contributed by atoms with E-state index in [1.165, 1.54) is 17.8 Å². The van der Waals surface area contributed by atoms with E-state index in [0.29, 0.717) is 5.03 Å². The summed E-state index contributed by atoms with van der Waals surface area (Å²) in [6.45, 7) is 3.44. The summed E-state index contributed by atoms with van der Waals surface area (Å²) in [5.74, 6) is 0.953. The molecule has 106 valence electrons. The Morgan fingerprint density at radius 2 is 2.11 bits per heavy atom. The van der Waals surface area contributed by atoms with E-state index in [-0.39, 0.29) is 11.7 Å². The Balaban J connectivity index is 2.37. The number of hydrogen-bond donors (Lipinski definition) is 0. The Labute approximate surface area is 114 Å². The third-order valence-corrected chi connectivity index (χ3v) is 3.82. The van der Waals surface area contributed by atoms with Crippen molar-refractivity contribution in [2.75, 3.05) is 5.75 Å². The van der Waals surface area contributed by atoms with Crippen LogP contribution in [-0.4, -0.2) is 16.5 Å². The van der Waals surface area contributed by atoms with E-state index in [2.05, 4.69) is 4.98 Å². The number of hydrogen-bond acceptors (Lipinski definition) is 3. The van der Waals surface area contributed by atoms with E-state index in [1.807, 2.05) is 6.92 Å². The van der Waals surface area contributed by atoms with Gasteiger partial charge in [-0.3, -0.25) is 4.79 Å². The summed E-state index contributed by atoms with van der Waals surface area (Å²) in [6.07, 6.45) is -1.86. The quantitative estimate of drug-likeness (QED) is 0.581. The molecular weight excluding hydrogens is 275 g/mol.